The van der Waals surface area contributed by atoms with Gasteiger partial charge in [0, 0.05) is 0 Å². The Morgan fingerprint density at radius 1 is 0.611 bits per heavy atom. The average molecular weight is 380 g/mol. The second kappa shape index (κ2) is 8.97. The van der Waals surface area contributed by atoms with Gasteiger partial charge in [-0.2, -0.15) is 0 Å². The molecule has 0 saturated carbocycles. The van der Waals surface area contributed by atoms with Gasteiger partial charge in [0.2, 0.25) is 0 Å². The van der Waals surface area contributed by atoms with Gasteiger partial charge in [0.15, 0.2) is 0 Å². The van der Waals surface area contributed by atoms with Crippen molar-refractivity contribution < 1.29 is 0 Å². The quantitative estimate of drug-likeness (QED) is 0.377. The van der Waals surface area contributed by atoms with E-state index >= 15 is 0 Å². The molecule has 0 spiro atoms. The summed E-state index contributed by atoms with van der Waals surface area (Å²) >= 11 is 5.44. The molecule has 0 aromatic rings. The standard InChI is InChI=1S/2C6H11N2Se/c2*7-6(9)8-4-2-1-3-5-8/h2*7H,1-5H2. The number of nitrogens with one attached hydrogen (secondary N) is 2. The van der Waals surface area contributed by atoms with E-state index in [0.717, 1.165) is 26.2 Å². The molecule has 6 heteroatoms. The van der Waals surface area contributed by atoms with Crippen molar-refractivity contribution in [3.63, 3.8) is 0 Å². The van der Waals surface area contributed by atoms with Gasteiger partial charge in [-0.1, -0.05) is 0 Å². The Kier molecular flexibility index (Phi) is 7.99. The molecule has 0 aromatic heterocycles. The van der Waals surface area contributed by atoms with Crippen molar-refractivity contribution in [2.24, 2.45) is 0 Å². The molecule has 0 aromatic carbocycles. The summed E-state index contributed by atoms with van der Waals surface area (Å²) in [6.45, 7) is 4.30. The fraction of sp³-hybridized carbons (Fsp3) is 0.833. The van der Waals surface area contributed by atoms with Crippen LogP contribution in [0.4, 0.5) is 0 Å². The molecule has 2 saturated heterocycles. The molecule has 4 nitrogen and oxygen atoms in total. The fourth-order valence-corrected chi connectivity index (χ4v) is 2.96. The van der Waals surface area contributed by atoms with E-state index < -0.39 is 0 Å². The van der Waals surface area contributed by atoms with E-state index in [1.807, 2.05) is 0 Å². The van der Waals surface area contributed by atoms with Crippen LogP contribution in [0.5, 0.6) is 0 Å². The van der Waals surface area contributed by atoms with Crippen molar-refractivity contribution in [1.29, 1.82) is 10.8 Å². The third-order valence-corrected chi connectivity index (χ3v) is 4.37. The first kappa shape index (κ1) is 16.0. The van der Waals surface area contributed by atoms with Crippen molar-refractivity contribution in [1.82, 2.24) is 9.80 Å². The van der Waals surface area contributed by atoms with Gasteiger partial charge >= 0.3 is 127 Å². The molecule has 18 heavy (non-hydrogen) atoms. The summed E-state index contributed by atoms with van der Waals surface area (Å²) < 4.78 is 1.21. The number of nitrogens with zero attached hydrogens (tertiary/aromatic N) is 2. The molecule has 2 aliphatic heterocycles. The maximum absolute atomic E-state index is 7.26. The summed E-state index contributed by atoms with van der Waals surface area (Å²) in [5.41, 5.74) is 0. The molecule has 0 atom stereocenters. The van der Waals surface area contributed by atoms with Crippen LogP contribution in [0.3, 0.4) is 0 Å². The predicted octanol–water partition coefficient (Wildman–Crippen LogP) is 1.15. The molecule has 2 radical (unpaired) electrons. The van der Waals surface area contributed by atoms with Crippen LogP contribution >= 0.6 is 0 Å². The van der Waals surface area contributed by atoms with Crippen LogP contribution in [-0.2, 0) is 0 Å². The first-order valence-electron chi connectivity index (χ1n) is 6.62. The average Bonchev–Trinajstić information content (AvgIpc) is 2.41. The number of rotatable bonds is 0. The van der Waals surface area contributed by atoms with E-state index in [1.165, 1.54) is 38.5 Å². The topological polar surface area (TPSA) is 54.2 Å². The summed E-state index contributed by atoms with van der Waals surface area (Å²) in [6, 6.07) is 0. The van der Waals surface area contributed by atoms with Gasteiger partial charge in [0.25, 0.3) is 0 Å². The second-order valence-corrected chi connectivity index (χ2v) is 6.33. The van der Waals surface area contributed by atoms with Gasteiger partial charge in [-0.15, -0.1) is 0 Å². The molecule has 2 aliphatic rings. The van der Waals surface area contributed by atoms with Gasteiger partial charge in [-0.05, 0) is 0 Å². The third-order valence-electron chi connectivity index (χ3n) is 3.29. The summed E-state index contributed by atoms with van der Waals surface area (Å²) in [4.78, 5) is 4.17. The molecule has 2 fully saturated rings. The number of amidine groups is 2. The van der Waals surface area contributed by atoms with E-state index in [1.54, 1.807) is 0 Å². The molecular formula is C12H22N4Se2. The van der Waals surface area contributed by atoms with Crippen LogP contribution in [0.1, 0.15) is 38.5 Å². The summed E-state index contributed by atoms with van der Waals surface area (Å²) in [5.74, 6) is 0. The first-order valence-corrected chi connectivity index (χ1v) is 8.33. The number of hydrogen-bond donors (Lipinski definition) is 2. The first-order chi connectivity index (χ1) is 8.61. The van der Waals surface area contributed by atoms with E-state index in [4.69, 9.17) is 10.8 Å². The monoisotopic (exact) mass is 382 g/mol. The Morgan fingerprint density at radius 3 is 1.06 bits per heavy atom. The van der Waals surface area contributed by atoms with E-state index in [-0.39, 0.29) is 0 Å². The molecule has 0 aliphatic carbocycles. The van der Waals surface area contributed by atoms with Gasteiger partial charge in [0.1, 0.15) is 0 Å². The minimum absolute atomic E-state index is 0.606. The summed E-state index contributed by atoms with van der Waals surface area (Å²) in [6.07, 6.45) is 7.69. The van der Waals surface area contributed by atoms with Crippen molar-refractivity contribution in [3.8, 4) is 0 Å². The SMILES string of the molecule is N=C([Se])N1CCCCC1.N=C([Se])N1CCCCC1. The Hall–Kier alpha value is -0.0210. The van der Waals surface area contributed by atoms with Gasteiger partial charge < -0.3 is 0 Å². The normalized spacial score (nSPS) is 19.8. The molecule has 0 amide bonds. The maximum atomic E-state index is 7.26. The third kappa shape index (κ3) is 6.24. The van der Waals surface area contributed by atoms with Crippen molar-refractivity contribution in [3.05, 3.63) is 0 Å². The Bertz CT molecular complexity index is 243. The number of hydrogen-bond acceptors (Lipinski definition) is 2. The number of likely N-dealkylation sites (tertiary alicyclic amines) is 2. The predicted molar refractivity (Wildman–Crippen MR) is 77.8 cm³/mol. The Labute approximate surface area is 127 Å². The van der Waals surface area contributed by atoms with E-state index in [2.05, 4.69) is 41.8 Å². The molecule has 0 bridgehead atoms. The zero-order chi connectivity index (χ0) is 13.4. The van der Waals surface area contributed by atoms with Gasteiger partial charge in [-0.3, -0.25) is 0 Å². The molecule has 2 rings (SSSR count). The van der Waals surface area contributed by atoms with Crippen LogP contribution in [0.2, 0.25) is 0 Å². The summed E-state index contributed by atoms with van der Waals surface area (Å²) in [7, 11) is 0. The Balaban J connectivity index is 0.000000180. The zero-order valence-electron chi connectivity index (χ0n) is 10.8. The van der Waals surface area contributed by atoms with Gasteiger partial charge in [-0.25, -0.2) is 0 Å². The van der Waals surface area contributed by atoms with Crippen molar-refractivity contribution >= 4 is 41.5 Å². The molecule has 2 N–H and O–H groups in total. The zero-order valence-corrected chi connectivity index (χ0v) is 14.2. The minimum atomic E-state index is 0.606. The summed E-state index contributed by atoms with van der Waals surface area (Å²) in [5, 5.41) is 14.5. The Morgan fingerprint density at radius 2 is 0.889 bits per heavy atom. The van der Waals surface area contributed by atoms with E-state index in [0.29, 0.717) is 9.47 Å². The van der Waals surface area contributed by atoms with E-state index in [9.17, 15) is 0 Å². The second-order valence-electron chi connectivity index (χ2n) is 4.71. The van der Waals surface area contributed by atoms with Crippen LogP contribution in [0.25, 0.3) is 0 Å². The molecule has 0 unspecified atom stereocenters. The molecule has 102 valence electrons. The number of piperidine rings is 2. The van der Waals surface area contributed by atoms with Crippen LogP contribution in [0, 0.1) is 10.8 Å². The van der Waals surface area contributed by atoms with Crippen LogP contribution in [0.15, 0.2) is 0 Å². The fourth-order valence-electron chi connectivity index (χ4n) is 2.19. The van der Waals surface area contributed by atoms with Crippen molar-refractivity contribution in [2.45, 2.75) is 38.5 Å². The molecule has 2 heterocycles. The van der Waals surface area contributed by atoms with Crippen LogP contribution in [-0.4, -0.2) is 77.5 Å². The van der Waals surface area contributed by atoms with Crippen molar-refractivity contribution in [2.75, 3.05) is 26.2 Å². The van der Waals surface area contributed by atoms with Gasteiger partial charge in [0.05, 0.1) is 0 Å². The van der Waals surface area contributed by atoms with Crippen LogP contribution < -0.4 is 0 Å². The molecular weight excluding hydrogens is 358 g/mol.